The summed E-state index contributed by atoms with van der Waals surface area (Å²) in [7, 11) is 3.21. The van der Waals surface area contributed by atoms with Crippen LogP contribution >= 0.6 is 0 Å². The standard InChI is InChI=1S/C21H24N4O3/c1-4-25(14-15-6-5-7-18(10-15)27-2)21(26)24-19-9-8-16(11-20(19)28-3)17-12-22-23-13-17/h5-13H,4,14H2,1-3H3,(H,22,23)(H,24,26). The smallest absolute Gasteiger partial charge is 0.322 e. The first-order chi connectivity index (χ1) is 13.6. The third-order valence-corrected chi connectivity index (χ3v) is 4.45. The van der Waals surface area contributed by atoms with Crippen molar-refractivity contribution in [1.82, 2.24) is 15.1 Å². The Balaban J connectivity index is 1.74. The molecule has 0 fully saturated rings. The highest BCUT2D eigenvalue weighted by molar-refractivity contribution is 5.91. The van der Waals surface area contributed by atoms with E-state index in [1.54, 1.807) is 31.5 Å². The number of amides is 2. The van der Waals surface area contributed by atoms with Crippen LogP contribution < -0.4 is 14.8 Å². The van der Waals surface area contributed by atoms with Gasteiger partial charge in [-0.15, -0.1) is 0 Å². The van der Waals surface area contributed by atoms with Gasteiger partial charge in [-0.3, -0.25) is 5.10 Å². The lowest BCUT2D eigenvalue weighted by molar-refractivity contribution is 0.212. The van der Waals surface area contributed by atoms with Crippen LogP contribution in [0.5, 0.6) is 11.5 Å². The van der Waals surface area contributed by atoms with E-state index in [9.17, 15) is 4.79 Å². The van der Waals surface area contributed by atoms with Gasteiger partial charge in [0.2, 0.25) is 0 Å². The summed E-state index contributed by atoms with van der Waals surface area (Å²) in [6.45, 7) is 2.99. The monoisotopic (exact) mass is 380 g/mol. The molecule has 2 amide bonds. The van der Waals surface area contributed by atoms with E-state index in [0.717, 1.165) is 22.4 Å². The van der Waals surface area contributed by atoms with Crippen LogP contribution in [-0.2, 0) is 6.54 Å². The summed E-state index contributed by atoms with van der Waals surface area (Å²) in [6.07, 6.45) is 3.54. The maximum Gasteiger partial charge on any atom is 0.322 e. The SMILES string of the molecule is CCN(Cc1cccc(OC)c1)C(=O)Nc1ccc(-c2cn[nH]c2)cc1OC. The average molecular weight is 380 g/mol. The molecule has 1 aromatic heterocycles. The molecule has 0 atom stereocenters. The van der Waals surface area contributed by atoms with E-state index in [1.165, 1.54) is 0 Å². The van der Waals surface area contributed by atoms with Gasteiger partial charge in [-0.05, 0) is 42.3 Å². The minimum absolute atomic E-state index is 0.195. The lowest BCUT2D eigenvalue weighted by Crippen LogP contribution is -2.34. The molecule has 0 saturated carbocycles. The Hall–Kier alpha value is -3.48. The first kappa shape index (κ1) is 19.3. The number of carbonyl (C=O) groups is 1. The van der Waals surface area contributed by atoms with Crippen molar-refractivity contribution >= 4 is 11.7 Å². The van der Waals surface area contributed by atoms with E-state index in [0.29, 0.717) is 24.5 Å². The van der Waals surface area contributed by atoms with Gasteiger partial charge >= 0.3 is 6.03 Å². The molecule has 0 bridgehead atoms. The Morgan fingerprint density at radius 2 is 2.00 bits per heavy atom. The highest BCUT2D eigenvalue weighted by atomic mass is 16.5. The van der Waals surface area contributed by atoms with Crippen LogP contribution in [0.2, 0.25) is 0 Å². The maximum atomic E-state index is 12.8. The molecular formula is C21H24N4O3. The maximum absolute atomic E-state index is 12.8. The number of H-pyrrole nitrogens is 1. The van der Waals surface area contributed by atoms with Crippen molar-refractivity contribution in [1.29, 1.82) is 0 Å². The number of nitrogens with one attached hydrogen (secondary N) is 2. The highest BCUT2D eigenvalue weighted by Gasteiger charge is 2.15. The van der Waals surface area contributed by atoms with Gasteiger partial charge in [0.25, 0.3) is 0 Å². The normalized spacial score (nSPS) is 10.4. The average Bonchev–Trinajstić information content (AvgIpc) is 3.27. The minimum atomic E-state index is -0.195. The van der Waals surface area contributed by atoms with E-state index in [1.807, 2.05) is 49.4 Å². The fourth-order valence-corrected chi connectivity index (χ4v) is 2.90. The lowest BCUT2D eigenvalue weighted by atomic mass is 10.1. The summed E-state index contributed by atoms with van der Waals surface area (Å²) < 4.78 is 10.7. The van der Waals surface area contributed by atoms with Crippen molar-refractivity contribution in [3.05, 3.63) is 60.4 Å². The Bertz CT molecular complexity index is 925. The van der Waals surface area contributed by atoms with Crippen LogP contribution in [0.4, 0.5) is 10.5 Å². The fourth-order valence-electron chi connectivity index (χ4n) is 2.90. The zero-order valence-corrected chi connectivity index (χ0v) is 16.2. The quantitative estimate of drug-likeness (QED) is 0.645. The van der Waals surface area contributed by atoms with Gasteiger partial charge in [0.05, 0.1) is 26.1 Å². The molecule has 0 aliphatic heterocycles. The number of urea groups is 1. The Labute approximate surface area is 164 Å². The molecule has 0 radical (unpaired) electrons. The molecule has 0 aliphatic rings. The van der Waals surface area contributed by atoms with Crippen molar-refractivity contribution < 1.29 is 14.3 Å². The van der Waals surface area contributed by atoms with Crippen LogP contribution in [0.15, 0.2) is 54.9 Å². The third-order valence-electron chi connectivity index (χ3n) is 4.45. The predicted octanol–water partition coefficient (Wildman–Crippen LogP) is 4.15. The second-order valence-corrected chi connectivity index (χ2v) is 6.20. The number of carbonyl (C=O) groups excluding carboxylic acids is 1. The summed E-state index contributed by atoms with van der Waals surface area (Å²) in [4.78, 5) is 14.5. The molecule has 28 heavy (non-hydrogen) atoms. The number of aromatic nitrogens is 2. The van der Waals surface area contributed by atoms with E-state index in [-0.39, 0.29) is 6.03 Å². The van der Waals surface area contributed by atoms with E-state index in [4.69, 9.17) is 9.47 Å². The molecule has 0 saturated heterocycles. The van der Waals surface area contributed by atoms with Crippen LogP contribution in [0, 0.1) is 0 Å². The van der Waals surface area contributed by atoms with Gasteiger partial charge < -0.3 is 19.7 Å². The molecule has 3 aromatic rings. The summed E-state index contributed by atoms with van der Waals surface area (Å²) in [5, 5.41) is 9.69. The van der Waals surface area contributed by atoms with Crippen LogP contribution in [0.1, 0.15) is 12.5 Å². The van der Waals surface area contributed by atoms with Gasteiger partial charge in [-0.1, -0.05) is 18.2 Å². The molecular weight excluding hydrogens is 356 g/mol. The van der Waals surface area contributed by atoms with Crippen molar-refractivity contribution in [2.24, 2.45) is 0 Å². The topological polar surface area (TPSA) is 79.5 Å². The van der Waals surface area contributed by atoms with Crippen molar-refractivity contribution in [2.45, 2.75) is 13.5 Å². The van der Waals surface area contributed by atoms with E-state index < -0.39 is 0 Å². The number of rotatable bonds is 7. The van der Waals surface area contributed by atoms with Gasteiger partial charge in [0.1, 0.15) is 11.5 Å². The van der Waals surface area contributed by atoms with Crippen molar-refractivity contribution in [3.8, 4) is 22.6 Å². The molecule has 7 heteroatoms. The van der Waals surface area contributed by atoms with Crippen LogP contribution in [0.25, 0.3) is 11.1 Å². The molecule has 3 rings (SSSR count). The second-order valence-electron chi connectivity index (χ2n) is 6.20. The van der Waals surface area contributed by atoms with Gasteiger partial charge in [-0.2, -0.15) is 5.10 Å². The fraction of sp³-hybridized carbons (Fsp3) is 0.238. The largest absolute Gasteiger partial charge is 0.497 e. The summed E-state index contributed by atoms with van der Waals surface area (Å²) in [5.74, 6) is 1.36. The van der Waals surface area contributed by atoms with Crippen LogP contribution in [0.3, 0.4) is 0 Å². The number of anilines is 1. The number of aromatic amines is 1. The van der Waals surface area contributed by atoms with Crippen LogP contribution in [-0.4, -0.2) is 41.9 Å². The molecule has 146 valence electrons. The number of methoxy groups -OCH3 is 2. The zero-order chi connectivity index (χ0) is 19.9. The van der Waals surface area contributed by atoms with Gasteiger partial charge in [0, 0.05) is 24.8 Å². The molecule has 2 aromatic carbocycles. The van der Waals surface area contributed by atoms with E-state index >= 15 is 0 Å². The molecule has 2 N–H and O–H groups in total. The molecule has 0 spiro atoms. The lowest BCUT2D eigenvalue weighted by Gasteiger charge is -2.22. The number of hydrogen-bond donors (Lipinski definition) is 2. The molecule has 0 aliphatic carbocycles. The Morgan fingerprint density at radius 3 is 2.68 bits per heavy atom. The summed E-state index contributed by atoms with van der Waals surface area (Å²) >= 11 is 0. The number of benzene rings is 2. The number of ether oxygens (including phenoxy) is 2. The zero-order valence-electron chi connectivity index (χ0n) is 16.2. The van der Waals surface area contributed by atoms with E-state index in [2.05, 4.69) is 15.5 Å². The van der Waals surface area contributed by atoms with Crippen molar-refractivity contribution in [3.63, 3.8) is 0 Å². The Morgan fingerprint density at radius 1 is 1.14 bits per heavy atom. The highest BCUT2D eigenvalue weighted by Crippen LogP contribution is 2.30. The molecule has 7 nitrogen and oxygen atoms in total. The predicted molar refractivity (Wildman–Crippen MR) is 109 cm³/mol. The summed E-state index contributed by atoms with van der Waals surface area (Å²) in [5.41, 5.74) is 3.51. The second kappa shape index (κ2) is 8.94. The third kappa shape index (κ3) is 4.43. The molecule has 0 unspecified atom stereocenters. The van der Waals surface area contributed by atoms with Gasteiger partial charge in [-0.25, -0.2) is 4.79 Å². The Kier molecular flexibility index (Phi) is 6.16. The summed E-state index contributed by atoms with van der Waals surface area (Å²) in [6, 6.07) is 13.1. The minimum Gasteiger partial charge on any atom is -0.497 e. The number of hydrogen-bond acceptors (Lipinski definition) is 4. The van der Waals surface area contributed by atoms with Gasteiger partial charge in [0.15, 0.2) is 0 Å². The van der Waals surface area contributed by atoms with Crippen molar-refractivity contribution in [2.75, 3.05) is 26.1 Å². The first-order valence-corrected chi connectivity index (χ1v) is 9.00. The molecule has 1 heterocycles. The number of nitrogens with zero attached hydrogens (tertiary/aromatic N) is 2. The first-order valence-electron chi connectivity index (χ1n) is 9.00.